The molecular weight excluding hydrogens is 350 g/mol. The molecule has 0 aliphatic rings. The van der Waals surface area contributed by atoms with E-state index in [9.17, 15) is 5.11 Å². The van der Waals surface area contributed by atoms with E-state index in [1.54, 1.807) is 26.4 Å². The number of phenolic OH excluding ortho intramolecular Hbond substituents is 1. The number of hydrogen-bond donors (Lipinski definition) is 2. The van der Waals surface area contributed by atoms with Crippen molar-refractivity contribution in [2.24, 2.45) is 5.10 Å². The highest BCUT2D eigenvalue weighted by molar-refractivity contribution is 7.14. The second-order valence-corrected chi connectivity index (χ2v) is 6.32. The van der Waals surface area contributed by atoms with Crippen LogP contribution in [0, 0.1) is 0 Å². The van der Waals surface area contributed by atoms with Gasteiger partial charge in [-0.15, -0.1) is 11.3 Å². The molecule has 2 N–H and O–H groups in total. The van der Waals surface area contributed by atoms with Crippen LogP contribution in [0.1, 0.15) is 12.5 Å². The van der Waals surface area contributed by atoms with Crippen LogP contribution in [0.2, 0.25) is 0 Å². The molecule has 0 spiro atoms. The maximum Gasteiger partial charge on any atom is 0.203 e. The fourth-order valence-corrected chi connectivity index (χ4v) is 3.01. The highest BCUT2D eigenvalue weighted by Gasteiger charge is 2.11. The number of thiazole rings is 1. The average Bonchev–Trinajstić information content (AvgIpc) is 3.15. The van der Waals surface area contributed by atoms with Gasteiger partial charge in [0, 0.05) is 10.9 Å². The minimum atomic E-state index is 0.228. The Morgan fingerprint density at radius 1 is 1.12 bits per heavy atom. The second kappa shape index (κ2) is 7.88. The van der Waals surface area contributed by atoms with Gasteiger partial charge in [-0.1, -0.05) is 0 Å². The number of methoxy groups -OCH3 is 2. The summed E-state index contributed by atoms with van der Waals surface area (Å²) in [5.41, 5.74) is 6.32. The Morgan fingerprint density at radius 2 is 1.88 bits per heavy atom. The number of hydrogen-bond acceptors (Lipinski definition) is 7. The molecule has 6 nitrogen and oxygen atoms in total. The maximum absolute atomic E-state index is 9.35. The fraction of sp³-hybridized carbons (Fsp3) is 0.158. The molecule has 134 valence electrons. The number of rotatable bonds is 6. The molecule has 0 aliphatic heterocycles. The number of aromatic hydroxyl groups is 1. The zero-order valence-corrected chi connectivity index (χ0v) is 15.5. The Bertz CT molecular complexity index is 920. The number of nitrogens with zero attached hydrogens (tertiary/aromatic N) is 2. The lowest BCUT2D eigenvalue weighted by Gasteiger charge is -2.08. The zero-order chi connectivity index (χ0) is 18.5. The first-order chi connectivity index (χ1) is 12.6. The SMILES string of the molecule is COc1ccc(OC)c(-c2csc(N/N=C(\C)c3ccc(O)cc3)n2)c1. The van der Waals surface area contributed by atoms with Crippen molar-refractivity contribution < 1.29 is 14.6 Å². The van der Waals surface area contributed by atoms with Crippen LogP contribution in [0.25, 0.3) is 11.3 Å². The molecule has 0 saturated carbocycles. The van der Waals surface area contributed by atoms with Gasteiger partial charge in [-0.05, 0) is 55.0 Å². The Balaban J connectivity index is 1.80. The number of phenols is 1. The van der Waals surface area contributed by atoms with Gasteiger partial charge in [-0.25, -0.2) is 4.98 Å². The van der Waals surface area contributed by atoms with Crippen LogP contribution in [0.4, 0.5) is 5.13 Å². The van der Waals surface area contributed by atoms with E-state index in [4.69, 9.17) is 9.47 Å². The minimum Gasteiger partial charge on any atom is -0.508 e. The van der Waals surface area contributed by atoms with Crippen LogP contribution in [0.5, 0.6) is 17.2 Å². The van der Waals surface area contributed by atoms with Crippen LogP contribution in [-0.4, -0.2) is 30.0 Å². The van der Waals surface area contributed by atoms with Gasteiger partial charge < -0.3 is 14.6 Å². The molecule has 0 unspecified atom stereocenters. The van der Waals surface area contributed by atoms with Gasteiger partial charge in [0.25, 0.3) is 0 Å². The van der Waals surface area contributed by atoms with Gasteiger partial charge in [-0.2, -0.15) is 5.10 Å². The molecular formula is C19H19N3O3S. The number of aromatic nitrogens is 1. The van der Waals surface area contributed by atoms with E-state index < -0.39 is 0 Å². The predicted molar refractivity (Wildman–Crippen MR) is 105 cm³/mol. The highest BCUT2D eigenvalue weighted by atomic mass is 32.1. The largest absolute Gasteiger partial charge is 0.508 e. The number of benzene rings is 2. The van der Waals surface area contributed by atoms with Crippen LogP contribution in [0.3, 0.4) is 0 Å². The van der Waals surface area contributed by atoms with Gasteiger partial charge >= 0.3 is 0 Å². The molecule has 0 saturated heterocycles. The topological polar surface area (TPSA) is 76.0 Å². The van der Waals surface area contributed by atoms with Gasteiger partial charge in [0.1, 0.15) is 17.2 Å². The van der Waals surface area contributed by atoms with Gasteiger partial charge in [0.05, 0.1) is 25.6 Å². The summed E-state index contributed by atoms with van der Waals surface area (Å²) in [6, 6.07) is 12.5. The summed E-state index contributed by atoms with van der Waals surface area (Å²) in [4.78, 5) is 4.57. The molecule has 0 amide bonds. The van der Waals surface area contributed by atoms with Crippen molar-refractivity contribution >= 4 is 22.2 Å². The van der Waals surface area contributed by atoms with Crippen molar-refractivity contribution in [1.29, 1.82) is 0 Å². The molecule has 0 fully saturated rings. The Hall–Kier alpha value is -3.06. The van der Waals surface area contributed by atoms with E-state index in [-0.39, 0.29) is 5.75 Å². The third-order valence-corrected chi connectivity index (χ3v) is 4.54. The van der Waals surface area contributed by atoms with Crippen LogP contribution in [-0.2, 0) is 0 Å². The standard InChI is InChI=1S/C19H19N3O3S/c1-12(13-4-6-14(23)7-5-13)21-22-19-20-17(11-26-19)16-10-15(24-2)8-9-18(16)25-3/h4-11,23H,1-3H3,(H,20,22)/b21-12+. The lowest BCUT2D eigenvalue weighted by molar-refractivity contribution is 0.404. The predicted octanol–water partition coefficient (Wildman–Crippen LogP) is 4.37. The van der Waals surface area contributed by atoms with Crippen LogP contribution >= 0.6 is 11.3 Å². The van der Waals surface area contributed by atoms with E-state index >= 15 is 0 Å². The third kappa shape index (κ3) is 3.94. The third-order valence-electron chi connectivity index (χ3n) is 3.79. The molecule has 0 bridgehead atoms. The Kier molecular flexibility index (Phi) is 5.38. The Morgan fingerprint density at radius 3 is 2.58 bits per heavy atom. The van der Waals surface area contributed by atoms with Crippen molar-refractivity contribution in [1.82, 2.24) is 4.98 Å². The van der Waals surface area contributed by atoms with Gasteiger partial charge in [0.15, 0.2) is 0 Å². The minimum absolute atomic E-state index is 0.228. The number of ether oxygens (including phenoxy) is 2. The van der Waals surface area contributed by atoms with Crippen LogP contribution in [0.15, 0.2) is 52.9 Å². The highest BCUT2D eigenvalue weighted by Crippen LogP contribution is 2.35. The monoisotopic (exact) mass is 369 g/mol. The summed E-state index contributed by atoms with van der Waals surface area (Å²) in [7, 11) is 3.25. The quantitative estimate of drug-likeness (QED) is 0.498. The summed E-state index contributed by atoms with van der Waals surface area (Å²) < 4.78 is 10.7. The van der Waals surface area contributed by atoms with E-state index in [1.807, 2.05) is 42.6 Å². The summed E-state index contributed by atoms with van der Waals surface area (Å²) in [5, 5.41) is 16.3. The molecule has 7 heteroatoms. The van der Waals surface area contributed by atoms with Crippen LogP contribution < -0.4 is 14.9 Å². The summed E-state index contributed by atoms with van der Waals surface area (Å²) in [6.45, 7) is 1.89. The summed E-state index contributed by atoms with van der Waals surface area (Å²) >= 11 is 1.45. The molecule has 1 aromatic heterocycles. The van der Waals surface area contributed by atoms with E-state index in [1.165, 1.54) is 11.3 Å². The molecule has 3 rings (SSSR count). The molecule has 26 heavy (non-hydrogen) atoms. The number of hydrazone groups is 1. The molecule has 0 aliphatic carbocycles. The van der Waals surface area contributed by atoms with Crippen molar-refractivity contribution in [3.8, 4) is 28.5 Å². The van der Waals surface area contributed by atoms with E-state index in [0.29, 0.717) is 5.13 Å². The second-order valence-electron chi connectivity index (χ2n) is 5.46. The molecule has 3 aromatic rings. The fourth-order valence-electron chi connectivity index (χ4n) is 2.36. The summed E-state index contributed by atoms with van der Waals surface area (Å²) in [6.07, 6.45) is 0. The lowest BCUT2D eigenvalue weighted by atomic mass is 10.1. The number of anilines is 1. The van der Waals surface area contributed by atoms with Gasteiger partial charge in [0.2, 0.25) is 5.13 Å². The van der Waals surface area contributed by atoms with Crippen molar-refractivity contribution in [2.45, 2.75) is 6.92 Å². The van der Waals surface area contributed by atoms with Crippen molar-refractivity contribution in [3.63, 3.8) is 0 Å². The Labute approximate surface area is 155 Å². The number of nitrogens with one attached hydrogen (secondary N) is 1. The first-order valence-electron chi connectivity index (χ1n) is 7.88. The molecule has 0 atom stereocenters. The van der Waals surface area contributed by atoms with Gasteiger partial charge in [-0.3, -0.25) is 5.43 Å². The van der Waals surface area contributed by atoms with E-state index in [0.717, 1.165) is 34.0 Å². The molecule has 2 aromatic carbocycles. The smallest absolute Gasteiger partial charge is 0.203 e. The van der Waals surface area contributed by atoms with E-state index in [2.05, 4.69) is 15.5 Å². The maximum atomic E-state index is 9.35. The molecule has 0 radical (unpaired) electrons. The molecule has 1 heterocycles. The average molecular weight is 369 g/mol. The van der Waals surface area contributed by atoms with Crippen molar-refractivity contribution in [2.75, 3.05) is 19.6 Å². The normalized spacial score (nSPS) is 11.3. The first kappa shape index (κ1) is 17.8. The summed E-state index contributed by atoms with van der Waals surface area (Å²) in [5.74, 6) is 1.70. The lowest BCUT2D eigenvalue weighted by Crippen LogP contribution is -1.99. The van der Waals surface area contributed by atoms with Crippen molar-refractivity contribution in [3.05, 3.63) is 53.4 Å². The first-order valence-corrected chi connectivity index (χ1v) is 8.76. The zero-order valence-electron chi connectivity index (χ0n) is 14.7.